The Bertz CT molecular complexity index is 1030. The molecule has 0 fully saturated rings. The molecule has 0 bridgehead atoms. The zero-order chi connectivity index (χ0) is 26.3. The van der Waals surface area contributed by atoms with Crippen LogP contribution in [0.15, 0.2) is 48.5 Å². The summed E-state index contributed by atoms with van der Waals surface area (Å²) in [5.41, 5.74) is 0.391. The third-order valence-corrected chi connectivity index (χ3v) is 3.76. The van der Waals surface area contributed by atoms with Crippen molar-refractivity contribution in [2.45, 2.75) is 13.3 Å². The Balaban J connectivity index is 0.000000520. The van der Waals surface area contributed by atoms with Gasteiger partial charge in [-0.3, -0.25) is 14.4 Å². The first kappa shape index (κ1) is 29.5. The predicted molar refractivity (Wildman–Crippen MR) is 116 cm³/mol. The van der Waals surface area contributed by atoms with E-state index in [-0.39, 0.29) is 22.8 Å². The molecule has 0 spiro atoms. The van der Waals surface area contributed by atoms with Gasteiger partial charge in [-0.1, -0.05) is 24.3 Å². The van der Waals surface area contributed by atoms with Gasteiger partial charge in [0, 0.05) is 0 Å². The van der Waals surface area contributed by atoms with E-state index in [0.29, 0.717) is 5.56 Å². The molecule has 0 aliphatic carbocycles. The van der Waals surface area contributed by atoms with Crippen LogP contribution < -0.4 is 0 Å². The summed E-state index contributed by atoms with van der Waals surface area (Å²) in [6.07, 6.45) is -0.607. The first-order valence-corrected chi connectivity index (χ1v) is 9.37. The van der Waals surface area contributed by atoms with E-state index in [1.165, 1.54) is 25.1 Å². The van der Waals surface area contributed by atoms with Crippen LogP contribution in [0.4, 0.5) is 0 Å². The number of hydrogen-bond donors (Lipinski definition) is 2. The van der Waals surface area contributed by atoms with E-state index in [4.69, 9.17) is 5.11 Å². The van der Waals surface area contributed by atoms with Crippen molar-refractivity contribution < 1.29 is 53.2 Å². The molecule has 0 saturated heterocycles. The van der Waals surface area contributed by atoms with E-state index in [9.17, 15) is 33.9 Å². The molecule has 0 aliphatic rings. The van der Waals surface area contributed by atoms with Crippen LogP contribution in [-0.4, -0.2) is 66.8 Å². The van der Waals surface area contributed by atoms with E-state index in [1.54, 1.807) is 30.3 Å². The molecule has 0 radical (unpaired) electrons. The third-order valence-electron chi connectivity index (χ3n) is 3.76. The van der Waals surface area contributed by atoms with Crippen LogP contribution in [0.2, 0.25) is 0 Å². The molecule has 2 aromatic carbocycles. The van der Waals surface area contributed by atoms with Gasteiger partial charge in [-0.15, -0.1) is 0 Å². The fourth-order valence-corrected chi connectivity index (χ4v) is 2.07. The van der Waals surface area contributed by atoms with Gasteiger partial charge in [0.1, 0.15) is 11.5 Å². The number of methoxy groups -OCH3 is 3. The lowest BCUT2D eigenvalue weighted by atomic mass is 10.1. The number of para-hydroxylation sites is 2. The highest BCUT2D eigenvalue weighted by Crippen LogP contribution is 2.17. The number of carbonyl (C=O) groups is 6. The summed E-state index contributed by atoms with van der Waals surface area (Å²) in [7, 11) is 3.28. The number of ether oxygens (including phenoxy) is 3. The Morgan fingerprint density at radius 2 is 1.03 bits per heavy atom. The molecule has 11 nitrogen and oxygen atoms in total. The van der Waals surface area contributed by atoms with Crippen molar-refractivity contribution in [1.82, 2.24) is 0 Å². The molecule has 0 unspecified atom stereocenters. The Morgan fingerprint density at radius 3 is 1.35 bits per heavy atom. The Kier molecular flexibility index (Phi) is 13.3. The van der Waals surface area contributed by atoms with Crippen LogP contribution in [-0.2, 0) is 33.4 Å². The van der Waals surface area contributed by atoms with Crippen molar-refractivity contribution in [2.75, 3.05) is 21.3 Å². The van der Waals surface area contributed by atoms with E-state index in [2.05, 4.69) is 14.2 Å². The highest BCUT2D eigenvalue weighted by Gasteiger charge is 2.20. The summed E-state index contributed by atoms with van der Waals surface area (Å²) in [5, 5.41) is 18.4. The maximum Gasteiger partial charge on any atom is 0.417 e. The second-order valence-electron chi connectivity index (χ2n) is 6.09. The SMILES string of the molecule is CC(=O)c1ccccc1O.COC(=O)C(=O)CC(=O)c1ccccc1O.COC(=O)C(=O)OC. The molecule has 11 heteroatoms. The van der Waals surface area contributed by atoms with Gasteiger partial charge in [-0.05, 0) is 31.2 Å². The summed E-state index contributed by atoms with van der Waals surface area (Å²) >= 11 is 0. The molecule has 0 aromatic heterocycles. The quantitative estimate of drug-likeness (QED) is 0.211. The molecule has 0 heterocycles. The Hall–Kier alpha value is -4.54. The maximum absolute atomic E-state index is 11.5. The number of phenolic OH excluding ortho intramolecular Hbond substituents is 2. The molecule has 2 N–H and O–H groups in total. The third kappa shape index (κ3) is 10.2. The van der Waals surface area contributed by atoms with Crippen LogP contribution in [0.5, 0.6) is 11.5 Å². The smallest absolute Gasteiger partial charge is 0.417 e. The van der Waals surface area contributed by atoms with Gasteiger partial charge in [0.2, 0.25) is 5.78 Å². The van der Waals surface area contributed by atoms with E-state index >= 15 is 0 Å². The molecule has 182 valence electrons. The average Bonchev–Trinajstić information content (AvgIpc) is 2.83. The molecule has 0 saturated carbocycles. The highest BCUT2D eigenvalue weighted by atomic mass is 16.6. The van der Waals surface area contributed by atoms with Crippen molar-refractivity contribution in [2.24, 2.45) is 0 Å². The van der Waals surface area contributed by atoms with Gasteiger partial charge >= 0.3 is 17.9 Å². The Labute approximate surface area is 194 Å². The molecule has 2 aromatic rings. The summed E-state index contributed by atoms with van der Waals surface area (Å²) in [5.74, 6) is -4.86. The summed E-state index contributed by atoms with van der Waals surface area (Å²) in [6.45, 7) is 1.43. The number of esters is 3. The van der Waals surface area contributed by atoms with E-state index < -0.39 is 35.9 Å². The van der Waals surface area contributed by atoms with Gasteiger partial charge < -0.3 is 24.4 Å². The Morgan fingerprint density at radius 1 is 0.647 bits per heavy atom. The minimum Gasteiger partial charge on any atom is -0.507 e. The van der Waals surface area contributed by atoms with Gasteiger partial charge in [0.15, 0.2) is 11.6 Å². The summed E-state index contributed by atoms with van der Waals surface area (Å²) in [6, 6.07) is 12.3. The fraction of sp³-hybridized carbons (Fsp3) is 0.217. The van der Waals surface area contributed by atoms with E-state index in [0.717, 1.165) is 21.3 Å². The number of carbonyl (C=O) groups excluding carboxylic acids is 6. The predicted octanol–water partition coefficient (Wildman–Crippen LogP) is 1.63. The lowest BCUT2D eigenvalue weighted by Gasteiger charge is -2.01. The zero-order valence-electron chi connectivity index (χ0n) is 18.9. The first-order chi connectivity index (χ1) is 16.0. The van der Waals surface area contributed by atoms with Crippen LogP contribution in [0.1, 0.15) is 34.1 Å². The molecule has 34 heavy (non-hydrogen) atoms. The number of rotatable bonds is 5. The lowest BCUT2D eigenvalue weighted by molar-refractivity contribution is -0.164. The number of hydrogen-bond acceptors (Lipinski definition) is 11. The zero-order valence-corrected chi connectivity index (χ0v) is 18.9. The second kappa shape index (κ2) is 15.3. The molecule has 2 rings (SSSR count). The molecular weight excluding hydrogens is 452 g/mol. The van der Waals surface area contributed by atoms with Crippen LogP contribution in [0.25, 0.3) is 0 Å². The van der Waals surface area contributed by atoms with Crippen LogP contribution >= 0.6 is 0 Å². The topological polar surface area (TPSA) is 171 Å². The normalized spacial score (nSPS) is 9.06. The first-order valence-electron chi connectivity index (χ1n) is 9.37. The maximum atomic E-state index is 11.5. The number of phenols is 2. The number of aromatic hydroxyl groups is 2. The molecular formula is C23H24O11. The minimum atomic E-state index is -1.07. The fourth-order valence-electron chi connectivity index (χ4n) is 2.07. The van der Waals surface area contributed by atoms with Gasteiger partial charge in [0.05, 0.1) is 38.9 Å². The second-order valence-corrected chi connectivity index (χ2v) is 6.09. The summed E-state index contributed by atoms with van der Waals surface area (Å²) in [4.78, 5) is 64.2. The molecule has 0 aliphatic heterocycles. The van der Waals surface area contributed by atoms with Crippen LogP contribution in [0, 0.1) is 0 Å². The molecule has 0 atom stereocenters. The highest BCUT2D eigenvalue weighted by molar-refractivity contribution is 6.38. The minimum absolute atomic E-state index is 0.0137. The van der Waals surface area contributed by atoms with Crippen molar-refractivity contribution in [1.29, 1.82) is 0 Å². The van der Waals surface area contributed by atoms with Gasteiger partial charge in [-0.25, -0.2) is 14.4 Å². The lowest BCUT2D eigenvalue weighted by Crippen LogP contribution is -2.19. The average molecular weight is 476 g/mol. The van der Waals surface area contributed by atoms with Crippen molar-refractivity contribution in [3.05, 3.63) is 59.7 Å². The van der Waals surface area contributed by atoms with Crippen molar-refractivity contribution in [3.8, 4) is 11.5 Å². The standard InChI is InChI=1S/C11H10O5.C8H8O2.C4H6O4/c1-16-11(15)10(14)6-9(13)7-4-2-3-5-8(7)12;1-6(9)7-4-2-3-5-8(7)10;1-7-3(5)4(6)8-2/h2-5,12H,6H2,1H3;2-5,10H,1H3;1-2H3. The number of ketones is 3. The van der Waals surface area contributed by atoms with Crippen molar-refractivity contribution >= 4 is 35.3 Å². The summed E-state index contributed by atoms with van der Waals surface area (Å²) < 4.78 is 12.2. The number of benzene rings is 2. The van der Waals surface area contributed by atoms with E-state index in [1.807, 2.05) is 0 Å². The molecule has 0 amide bonds. The monoisotopic (exact) mass is 476 g/mol. The van der Waals surface area contributed by atoms with Crippen LogP contribution in [0.3, 0.4) is 0 Å². The van der Waals surface area contributed by atoms with Crippen molar-refractivity contribution in [3.63, 3.8) is 0 Å². The number of Topliss-reactive ketones (excluding diaryl/α,β-unsaturated/α-hetero) is 3. The van der Waals surface area contributed by atoms with Gasteiger partial charge in [0.25, 0.3) is 0 Å². The van der Waals surface area contributed by atoms with Gasteiger partial charge in [-0.2, -0.15) is 0 Å². The largest absolute Gasteiger partial charge is 0.507 e.